The zero-order valence-electron chi connectivity index (χ0n) is 16.2. The van der Waals surface area contributed by atoms with Crippen LogP contribution in [0.1, 0.15) is 17.5 Å². The van der Waals surface area contributed by atoms with Gasteiger partial charge < -0.3 is 19.3 Å². The van der Waals surface area contributed by atoms with Crippen LogP contribution < -0.4 is 4.90 Å². The molecular formula is C23H26N2O3. The number of nitrogens with zero attached hydrogens (tertiary/aromatic N) is 2. The second-order valence-electron chi connectivity index (χ2n) is 7.51. The summed E-state index contributed by atoms with van der Waals surface area (Å²) in [6, 6.07) is 16.0. The number of hydrogen-bond donors (Lipinski definition) is 1. The van der Waals surface area contributed by atoms with Crippen molar-refractivity contribution in [3.8, 4) is 0 Å². The second kappa shape index (κ2) is 8.07. The molecule has 1 N–H and O–H groups in total. The summed E-state index contributed by atoms with van der Waals surface area (Å²) < 4.78 is 5.43. The van der Waals surface area contributed by atoms with Crippen molar-refractivity contribution in [2.45, 2.75) is 25.4 Å². The standard InChI is InChI=1S/C23H26N2O3/c1-24(23(27)15-18-6-4-8-22-20(18)11-14-28-22)12-9-17-5-2-3-7-21(17)25-13-10-19(26)16-25/h2-8,11,14,19,26H,9-10,12-13,15-16H2,1H3. The summed E-state index contributed by atoms with van der Waals surface area (Å²) in [6.07, 6.45) is 3.39. The molecule has 0 spiro atoms. The monoisotopic (exact) mass is 378 g/mol. The third-order valence-corrected chi connectivity index (χ3v) is 5.57. The van der Waals surface area contributed by atoms with Crippen molar-refractivity contribution in [3.63, 3.8) is 0 Å². The van der Waals surface area contributed by atoms with Crippen molar-refractivity contribution in [2.75, 3.05) is 31.6 Å². The fourth-order valence-electron chi connectivity index (χ4n) is 3.91. The number of para-hydroxylation sites is 1. The number of hydrogen-bond acceptors (Lipinski definition) is 4. The van der Waals surface area contributed by atoms with Crippen LogP contribution in [0.3, 0.4) is 0 Å². The molecule has 28 heavy (non-hydrogen) atoms. The summed E-state index contributed by atoms with van der Waals surface area (Å²) in [5.74, 6) is 0.0998. The first-order chi connectivity index (χ1) is 13.6. The molecule has 1 aliphatic rings. The van der Waals surface area contributed by atoms with E-state index < -0.39 is 0 Å². The van der Waals surface area contributed by atoms with Crippen molar-refractivity contribution in [1.29, 1.82) is 0 Å². The molecule has 1 saturated heterocycles. The number of aliphatic hydroxyl groups excluding tert-OH is 1. The van der Waals surface area contributed by atoms with Gasteiger partial charge in [0.15, 0.2) is 0 Å². The summed E-state index contributed by atoms with van der Waals surface area (Å²) in [7, 11) is 1.86. The number of carbonyl (C=O) groups excluding carboxylic acids is 1. The largest absolute Gasteiger partial charge is 0.464 e. The van der Waals surface area contributed by atoms with E-state index in [2.05, 4.69) is 17.0 Å². The molecule has 2 aromatic carbocycles. The van der Waals surface area contributed by atoms with Gasteiger partial charge in [-0.15, -0.1) is 0 Å². The van der Waals surface area contributed by atoms with E-state index in [1.54, 1.807) is 11.2 Å². The van der Waals surface area contributed by atoms with Gasteiger partial charge in [-0.05, 0) is 42.2 Å². The van der Waals surface area contributed by atoms with Crippen LogP contribution in [0.2, 0.25) is 0 Å². The third-order valence-electron chi connectivity index (χ3n) is 5.57. The minimum absolute atomic E-state index is 0.0998. The van der Waals surface area contributed by atoms with Gasteiger partial charge in [0, 0.05) is 37.8 Å². The Bertz CT molecular complexity index is 965. The van der Waals surface area contributed by atoms with Crippen LogP contribution in [0, 0.1) is 0 Å². The van der Waals surface area contributed by atoms with Gasteiger partial charge in [0.2, 0.25) is 5.91 Å². The fraction of sp³-hybridized carbons (Fsp3) is 0.348. The number of likely N-dealkylation sites (N-methyl/N-ethyl adjacent to an activating group) is 1. The summed E-state index contributed by atoms with van der Waals surface area (Å²) >= 11 is 0. The number of rotatable bonds is 6. The van der Waals surface area contributed by atoms with Crippen LogP contribution in [0.4, 0.5) is 5.69 Å². The normalized spacial score (nSPS) is 16.6. The molecule has 0 bridgehead atoms. The topological polar surface area (TPSA) is 56.9 Å². The fourth-order valence-corrected chi connectivity index (χ4v) is 3.91. The lowest BCUT2D eigenvalue weighted by Gasteiger charge is -2.23. The summed E-state index contributed by atoms with van der Waals surface area (Å²) in [6.45, 7) is 2.22. The molecule has 1 aliphatic heterocycles. The van der Waals surface area contributed by atoms with Gasteiger partial charge in [-0.3, -0.25) is 4.79 Å². The van der Waals surface area contributed by atoms with Gasteiger partial charge in [-0.25, -0.2) is 0 Å². The van der Waals surface area contributed by atoms with E-state index in [0.717, 1.165) is 35.9 Å². The Morgan fingerprint density at radius 3 is 2.82 bits per heavy atom. The van der Waals surface area contributed by atoms with E-state index in [-0.39, 0.29) is 12.0 Å². The first kappa shape index (κ1) is 18.6. The van der Waals surface area contributed by atoms with Gasteiger partial charge in [0.25, 0.3) is 0 Å². The second-order valence-corrected chi connectivity index (χ2v) is 7.51. The highest BCUT2D eigenvalue weighted by atomic mass is 16.3. The molecule has 1 aromatic heterocycles. The Morgan fingerprint density at radius 2 is 2.00 bits per heavy atom. The SMILES string of the molecule is CN(CCc1ccccc1N1CCC(O)C1)C(=O)Cc1cccc2occc12. The van der Waals surface area contributed by atoms with Crippen molar-refractivity contribution in [2.24, 2.45) is 0 Å². The summed E-state index contributed by atoms with van der Waals surface area (Å²) in [5, 5.41) is 10.8. The molecule has 1 amide bonds. The van der Waals surface area contributed by atoms with Gasteiger partial charge in [0.05, 0.1) is 18.8 Å². The number of anilines is 1. The Labute approximate surface area is 165 Å². The maximum atomic E-state index is 12.7. The summed E-state index contributed by atoms with van der Waals surface area (Å²) in [4.78, 5) is 16.8. The Kier molecular flexibility index (Phi) is 5.35. The highest BCUT2D eigenvalue weighted by Gasteiger charge is 2.22. The van der Waals surface area contributed by atoms with Gasteiger partial charge >= 0.3 is 0 Å². The van der Waals surface area contributed by atoms with Crippen molar-refractivity contribution >= 4 is 22.6 Å². The molecule has 0 radical (unpaired) electrons. The maximum absolute atomic E-state index is 12.7. The molecular weight excluding hydrogens is 352 g/mol. The molecule has 146 valence electrons. The minimum atomic E-state index is -0.247. The van der Waals surface area contributed by atoms with Crippen LogP contribution >= 0.6 is 0 Å². The van der Waals surface area contributed by atoms with Crippen LogP contribution in [0.15, 0.2) is 59.2 Å². The number of amides is 1. The average Bonchev–Trinajstić information content (AvgIpc) is 3.35. The predicted octanol–water partition coefficient (Wildman–Crippen LogP) is 3.25. The Balaban J connectivity index is 1.40. The van der Waals surface area contributed by atoms with Crippen molar-refractivity contribution in [3.05, 3.63) is 65.9 Å². The van der Waals surface area contributed by atoms with Crippen LogP contribution in [0.5, 0.6) is 0 Å². The van der Waals surface area contributed by atoms with E-state index >= 15 is 0 Å². The number of β-amino-alcohol motifs (C(OH)–C–C–N with tert-alkyl or cyclic N) is 1. The lowest BCUT2D eigenvalue weighted by molar-refractivity contribution is -0.129. The molecule has 1 unspecified atom stereocenters. The molecule has 3 aromatic rings. The van der Waals surface area contributed by atoms with Crippen molar-refractivity contribution < 1.29 is 14.3 Å². The Morgan fingerprint density at radius 1 is 1.18 bits per heavy atom. The third kappa shape index (κ3) is 3.90. The van der Waals surface area contributed by atoms with E-state index in [4.69, 9.17) is 4.42 Å². The van der Waals surface area contributed by atoms with Crippen LogP contribution in [-0.2, 0) is 17.6 Å². The first-order valence-electron chi connectivity index (χ1n) is 9.82. The van der Waals surface area contributed by atoms with E-state index in [0.29, 0.717) is 19.5 Å². The van der Waals surface area contributed by atoms with Gasteiger partial charge in [0.1, 0.15) is 5.58 Å². The number of furan rings is 1. The first-order valence-corrected chi connectivity index (χ1v) is 9.82. The lowest BCUT2D eigenvalue weighted by Crippen LogP contribution is -2.30. The number of fused-ring (bicyclic) bond motifs is 1. The minimum Gasteiger partial charge on any atom is -0.464 e. The zero-order chi connectivity index (χ0) is 19.5. The zero-order valence-corrected chi connectivity index (χ0v) is 16.2. The molecule has 0 saturated carbocycles. The van der Waals surface area contributed by atoms with E-state index in [1.165, 1.54) is 11.3 Å². The van der Waals surface area contributed by atoms with Gasteiger partial charge in [-0.1, -0.05) is 30.3 Å². The smallest absolute Gasteiger partial charge is 0.226 e. The number of aliphatic hydroxyl groups is 1. The quantitative estimate of drug-likeness (QED) is 0.715. The predicted molar refractivity (Wildman–Crippen MR) is 111 cm³/mol. The van der Waals surface area contributed by atoms with Crippen molar-refractivity contribution in [1.82, 2.24) is 4.90 Å². The highest BCUT2D eigenvalue weighted by Crippen LogP contribution is 2.25. The molecule has 5 nitrogen and oxygen atoms in total. The summed E-state index contributed by atoms with van der Waals surface area (Å²) in [5.41, 5.74) is 4.19. The Hall–Kier alpha value is -2.79. The molecule has 2 heterocycles. The molecule has 1 fully saturated rings. The lowest BCUT2D eigenvalue weighted by atomic mass is 10.1. The van der Waals surface area contributed by atoms with Gasteiger partial charge in [-0.2, -0.15) is 0 Å². The molecule has 5 heteroatoms. The molecule has 1 atom stereocenters. The average molecular weight is 378 g/mol. The molecule has 0 aliphatic carbocycles. The molecule has 4 rings (SSSR count). The van der Waals surface area contributed by atoms with E-state index in [9.17, 15) is 9.90 Å². The number of benzene rings is 2. The van der Waals surface area contributed by atoms with Crippen LogP contribution in [-0.4, -0.2) is 48.7 Å². The number of carbonyl (C=O) groups is 1. The maximum Gasteiger partial charge on any atom is 0.226 e. The van der Waals surface area contributed by atoms with E-state index in [1.807, 2.05) is 43.4 Å². The highest BCUT2D eigenvalue weighted by molar-refractivity contribution is 5.87. The van der Waals surface area contributed by atoms with Crippen LogP contribution in [0.25, 0.3) is 11.0 Å².